The number of fused-ring (bicyclic) bond motifs is 2. The fourth-order valence-electron chi connectivity index (χ4n) is 3.89. The van der Waals surface area contributed by atoms with Crippen molar-refractivity contribution in [3.8, 4) is 28.4 Å². The van der Waals surface area contributed by atoms with Crippen LogP contribution in [0.1, 0.15) is 44.4 Å². The summed E-state index contributed by atoms with van der Waals surface area (Å²) < 4.78 is 28.1. The molecule has 0 unspecified atom stereocenters. The third kappa shape index (κ3) is 4.53. The molecule has 0 atom stereocenters. The topological polar surface area (TPSA) is 84.2 Å². The van der Waals surface area contributed by atoms with Crippen LogP contribution in [0.3, 0.4) is 0 Å². The summed E-state index contributed by atoms with van der Waals surface area (Å²) >= 11 is 0. The third-order valence-electron chi connectivity index (χ3n) is 5.62. The summed E-state index contributed by atoms with van der Waals surface area (Å²) in [6.07, 6.45) is 1.43. The van der Waals surface area contributed by atoms with Crippen molar-refractivity contribution in [2.45, 2.75) is 39.5 Å². The van der Waals surface area contributed by atoms with Gasteiger partial charge in [-0.25, -0.2) is 4.79 Å². The zero-order valence-electron chi connectivity index (χ0n) is 19.4. The predicted octanol–water partition coefficient (Wildman–Crippen LogP) is 4.86. The molecule has 4 rings (SSSR count). The average Bonchev–Trinajstić information content (AvgIpc) is 3.06. The Morgan fingerprint density at radius 2 is 1.85 bits per heavy atom. The molecular formula is C26H28O7. The van der Waals surface area contributed by atoms with Gasteiger partial charge in [0.1, 0.15) is 17.1 Å². The molecule has 1 aliphatic heterocycles. The Hall–Kier alpha value is -3.48. The maximum atomic E-state index is 13.7. The van der Waals surface area contributed by atoms with E-state index in [1.165, 1.54) is 7.11 Å². The first-order chi connectivity index (χ1) is 15.9. The molecule has 0 spiro atoms. The van der Waals surface area contributed by atoms with Crippen molar-refractivity contribution in [2.75, 3.05) is 26.9 Å². The van der Waals surface area contributed by atoms with E-state index in [0.29, 0.717) is 59.2 Å². The lowest BCUT2D eigenvalue weighted by molar-refractivity contribution is -0.142. The summed E-state index contributed by atoms with van der Waals surface area (Å²) in [7, 11) is 1.31. The zero-order valence-corrected chi connectivity index (χ0v) is 19.4. The van der Waals surface area contributed by atoms with Gasteiger partial charge in [0.25, 0.3) is 0 Å². The second-order valence-corrected chi connectivity index (χ2v) is 8.21. The summed E-state index contributed by atoms with van der Waals surface area (Å²) in [6, 6.07) is 9.02. The van der Waals surface area contributed by atoms with E-state index in [-0.39, 0.29) is 18.0 Å². The van der Waals surface area contributed by atoms with Crippen LogP contribution in [-0.4, -0.2) is 32.9 Å². The number of esters is 1. The minimum atomic E-state index is -0.480. The molecule has 0 radical (unpaired) electrons. The van der Waals surface area contributed by atoms with Gasteiger partial charge >= 0.3 is 5.97 Å². The molecule has 0 fully saturated rings. The molecule has 0 amide bonds. The molecular weight excluding hydrogens is 424 g/mol. The van der Waals surface area contributed by atoms with E-state index in [2.05, 4.69) is 4.74 Å². The van der Waals surface area contributed by atoms with Crippen LogP contribution in [0.15, 0.2) is 39.5 Å². The molecule has 7 nitrogen and oxygen atoms in total. The molecule has 2 heterocycles. The summed E-state index contributed by atoms with van der Waals surface area (Å²) in [5, 5.41) is 0.462. The monoisotopic (exact) mass is 452 g/mol. The average molecular weight is 453 g/mol. The lowest BCUT2D eigenvalue weighted by Crippen LogP contribution is -2.14. The van der Waals surface area contributed by atoms with E-state index in [1.54, 1.807) is 12.1 Å². The summed E-state index contributed by atoms with van der Waals surface area (Å²) in [5.41, 5.74) is 2.34. The van der Waals surface area contributed by atoms with Crippen molar-refractivity contribution in [2.24, 2.45) is 0 Å². The van der Waals surface area contributed by atoms with Gasteiger partial charge in [0.2, 0.25) is 5.43 Å². The molecule has 0 aliphatic carbocycles. The van der Waals surface area contributed by atoms with E-state index in [1.807, 2.05) is 39.0 Å². The minimum absolute atomic E-state index is 0.0432. The number of carbonyl (C=O) groups is 1. The molecule has 0 N–H and O–H groups in total. The van der Waals surface area contributed by atoms with E-state index in [4.69, 9.17) is 18.6 Å². The van der Waals surface area contributed by atoms with Crippen molar-refractivity contribution in [1.82, 2.24) is 0 Å². The van der Waals surface area contributed by atoms with Crippen LogP contribution in [0.25, 0.3) is 22.1 Å². The molecule has 174 valence electrons. The van der Waals surface area contributed by atoms with Crippen LogP contribution in [0, 0.1) is 0 Å². The second kappa shape index (κ2) is 9.57. The van der Waals surface area contributed by atoms with Crippen molar-refractivity contribution < 1.29 is 28.2 Å². The fraction of sp³-hybridized carbons (Fsp3) is 0.385. The fourth-order valence-corrected chi connectivity index (χ4v) is 3.89. The quantitative estimate of drug-likeness (QED) is 0.494. The molecule has 0 bridgehead atoms. The van der Waals surface area contributed by atoms with Gasteiger partial charge in [0, 0.05) is 18.4 Å². The Balaban J connectivity index is 1.88. The Bertz CT molecular complexity index is 1240. The molecule has 0 saturated heterocycles. The Morgan fingerprint density at radius 1 is 1.09 bits per heavy atom. The molecule has 1 aromatic heterocycles. The lowest BCUT2D eigenvalue weighted by Gasteiger charge is -2.16. The van der Waals surface area contributed by atoms with Crippen molar-refractivity contribution in [3.63, 3.8) is 0 Å². The molecule has 3 aromatic rings. The third-order valence-corrected chi connectivity index (χ3v) is 5.62. The standard InChI is InChI=1S/C26H28O7/c1-5-16-11-18-21(13-20(16)32-14-23(27)29-4)33-26(15(2)3)24(25(18)28)17-7-8-19-22(12-17)31-10-6-9-30-19/h7-8,11-13,15H,5-6,9-10,14H2,1-4H3. The first-order valence-corrected chi connectivity index (χ1v) is 11.2. The maximum Gasteiger partial charge on any atom is 0.343 e. The zero-order chi connectivity index (χ0) is 23.5. The molecule has 33 heavy (non-hydrogen) atoms. The van der Waals surface area contributed by atoms with Gasteiger partial charge in [0.15, 0.2) is 18.1 Å². The van der Waals surface area contributed by atoms with E-state index in [9.17, 15) is 9.59 Å². The smallest absolute Gasteiger partial charge is 0.343 e. The van der Waals surface area contributed by atoms with Crippen LogP contribution in [0.4, 0.5) is 0 Å². The van der Waals surface area contributed by atoms with Crippen molar-refractivity contribution >= 4 is 16.9 Å². The lowest BCUT2D eigenvalue weighted by atomic mass is 9.96. The van der Waals surface area contributed by atoms with Crippen LogP contribution in [0.2, 0.25) is 0 Å². The van der Waals surface area contributed by atoms with Gasteiger partial charge in [-0.2, -0.15) is 0 Å². The highest BCUT2D eigenvalue weighted by Gasteiger charge is 2.22. The van der Waals surface area contributed by atoms with Gasteiger partial charge < -0.3 is 23.4 Å². The summed E-state index contributed by atoms with van der Waals surface area (Å²) in [4.78, 5) is 25.3. The van der Waals surface area contributed by atoms with Gasteiger partial charge in [0.05, 0.1) is 31.3 Å². The van der Waals surface area contributed by atoms with E-state index >= 15 is 0 Å². The largest absolute Gasteiger partial charge is 0.490 e. The van der Waals surface area contributed by atoms with Gasteiger partial charge in [-0.05, 0) is 35.7 Å². The maximum absolute atomic E-state index is 13.7. The van der Waals surface area contributed by atoms with E-state index < -0.39 is 5.97 Å². The van der Waals surface area contributed by atoms with Crippen molar-refractivity contribution in [3.05, 3.63) is 51.9 Å². The molecule has 0 saturated carbocycles. The molecule has 7 heteroatoms. The number of ether oxygens (including phenoxy) is 4. The molecule has 1 aliphatic rings. The Labute approximate surface area is 192 Å². The number of rotatable bonds is 6. The number of carbonyl (C=O) groups excluding carboxylic acids is 1. The summed E-state index contributed by atoms with van der Waals surface area (Å²) in [6.45, 7) is 6.86. The van der Waals surface area contributed by atoms with Crippen LogP contribution in [0.5, 0.6) is 17.2 Å². The van der Waals surface area contributed by atoms with Gasteiger partial charge in [-0.3, -0.25) is 4.79 Å². The Kier molecular flexibility index (Phi) is 6.58. The predicted molar refractivity (Wildman–Crippen MR) is 125 cm³/mol. The Morgan fingerprint density at radius 3 is 2.55 bits per heavy atom. The number of methoxy groups -OCH3 is 1. The summed E-state index contributed by atoms with van der Waals surface area (Å²) in [5.74, 6) is 1.85. The second-order valence-electron chi connectivity index (χ2n) is 8.21. The van der Waals surface area contributed by atoms with Crippen molar-refractivity contribution in [1.29, 1.82) is 0 Å². The van der Waals surface area contributed by atoms with Crippen LogP contribution < -0.4 is 19.6 Å². The van der Waals surface area contributed by atoms with E-state index in [0.717, 1.165) is 17.5 Å². The first kappa shape index (κ1) is 22.7. The number of hydrogen-bond donors (Lipinski definition) is 0. The number of aryl methyl sites for hydroxylation is 1. The number of benzene rings is 2. The van der Waals surface area contributed by atoms with Crippen LogP contribution in [-0.2, 0) is 16.0 Å². The number of hydrogen-bond acceptors (Lipinski definition) is 7. The normalized spacial score (nSPS) is 13.1. The highest BCUT2D eigenvalue weighted by atomic mass is 16.6. The van der Waals surface area contributed by atoms with Gasteiger partial charge in [-0.1, -0.05) is 26.8 Å². The molecule has 2 aromatic carbocycles. The first-order valence-electron chi connectivity index (χ1n) is 11.2. The highest BCUT2D eigenvalue weighted by Crippen LogP contribution is 2.37. The SMILES string of the molecule is CCc1cc2c(=O)c(-c3ccc4c(c3)OCCCO4)c(C(C)C)oc2cc1OCC(=O)OC. The highest BCUT2D eigenvalue weighted by molar-refractivity contribution is 5.85. The minimum Gasteiger partial charge on any atom is -0.490 e. The van der Waals surface area contributed by atoms with Gasteiger partial charge in [-0.15, -0.1) is 0 Å². The van der Waals surface area contributed by atoms with Crippen LogP contribution >= 0.6 is 0 Å².